The van der Waals surface area contributed by atoms with Crippen LogP contribution in [0.25, 0.3) is 11.0 Å². The van der Waals surface area contributed by atoms with Crippen molar-refractivity contribution in [2.24, 2.45) is 0 Å². The largest absolute Gasteiger partial charge is 0.394 e. The number of nitrogens with one attached hydrogen (secondary N) is 1. The number of hydrogen-bond donors (Lipinski definition) is 2. The molecule has 1 amide bonds. The molecule has 1 heterocycles. The molecule has 6 heteroatoms. The Balaban J connectivity index is 2.02. The molecule has 2 N–H and O–H groups in total. The molecule has 0 saturated carbocycles. The van der Waals surface area contributed by atoms with Gasteiger partial charge in [-0.2, -0.15) is 0 Å². The highest BCUT2D eigenvalue weighted by Crippen LogP contribution is 2.11. The fraction of sp³-hybridized carbons (Fsp3) is 0.385. The standard InChI is InChI=1S/C13H17N3O3/c1-19-8-10(7-17)15-13(18)6-16-9-14-11-4-2-3-5-12(11)16/h2-5,9-10,17H,6-8H2,1H3,(H,15,18). The summed E-state index contributed by atoms with van der Waals surface area (Å²) in [6.07, 6.45) is 1.63. The molecule has 0 aliphatic heterocycles. The second-order valence-electron chi connectivity index (χ2n) is 4.26. The summed E-state index contributed by atoms with van der Waals surface area (Å²) in [6, 6.07) is 7.23. The van der Waals surface area contributed by atoms with Gasteiger partial charge >= 0.3 is 0 Å². The van der Waals surface area contributed by atoms with Crippen LogP contribution in [0, 0.1) is 0 Å². The molecule has 19 heavy (non-hydrogen) atoms. The Labute approximate surface area is 111 Å². The van der Waals surface area contributed by atoms with Gasteiger partial charge < -0.3 is 19.7 Å². The highest BCUT2D eigenvalue weighted by atomic mass is 16.5. The number of carbonyl (C=O) groups is 1. The maximum Gasteiger partial charge on any atom is 0.240 e. The third kappa shape index (κ3) is 3.30. The zero-order valence-corrected chi connectivity index (χ0v) is 10.7. The van der Waals surface area contributed by atoms with E-state index in [9.17, 15) is 4.79 Å². The van der Waals surface area contributed by atoms with Gasteiger partial charge in [0, 0.05) is 7.11 Å². The number of nitrogens with zero attached hydrogens (tertiary/aromatic N) is 2. The molecule has 0 radical (unpaired) electrons. The van der Waals surface area contributed by atoms with Crippen LogP contribution in [0.4, 0.5) is 0 Å². The molecule has 6 nitrogen and oxygen atoms in total. The Morgan fingerprint density at radius 2 is 2.32 bits per heavy atom. The van der Waals surface area contributed by atoms with Crippen LogP contribution >= 0.6 is 0 Å². The predicted octanol–water partition coefficient (Wildman–Crippen LogP) is 0.160. The lowest BCUT2D eigenvalue weighted by atomic mass is 10.3. The van der Waals surface area contributed by atoms with E-state index in [4.69, 9.17) is 9.84 Å². The molecule has 0 fully saturated rings. The van der Waals surface area contributed by atoms with Crippen LogP contribution in [0.3, 0.4) is 0 Å². The van der Waals surface area contributed by atoms with Crippen molar-refractivity contribution in [1.29, 1.82) is 0 Å². The number of amides is 1. The molecular formula is C13H17N3O3. The van der Waals surface area contributed by atoms with Gasteiger partial charge in [0.15, 0.2) is 0 Å². The lowest BCUT2D eigenvalue weighted by molar-refractivity contribution is -0.123. The van der Waals surface area contributed by atoms with Crippen molar-refractivity contribution >= 4 is 16.9 Å². The zero-order chi connectivity index (χ0) is 13.7. The summed E-state index contributed by atoms with van der Waals surface area (Å²) in [5, 5.41) is 11.8. The van der Waals surface area contributed by atoms with Crippen molar-refractivity contribution in [1.82, 2.24) is 14.9 Å². The van der Waals surface area contributed by atoms with E-state index in [1.807, 2.05) is 24.3 Å². The first-order valence-electron chi connectivity index (χ1n) is 6.03. The number of hydrogen-bond acceptors (Lipinski definition) is 4. The fourth-order valence-electron chi connectivity index (χ4n) is 1.91. The molecule has 1 aromatic carbocycles. The third-order valence-corrected chi connectivity index (χ3v) is 2.79. The van der Waals surface area contributed by atoms with Crippen LogP contribution in [-0.2, 0) is 16.1 Å². The number of imidazole rings is 1. The molecule has 1 aromatic heterocycles. The lowest BCUT2D eigenvalue weighted by Crippen LogP contribution is -2.42. The summed E-state index contributed by atoms with van der Waals surface area (Å²) < 4.78 is 6.68. The number of methoxy groups -OCH3 is 1. The van der Waals surface area contributed by atoms with Crippen LogP contribution in [0.1, 0.15) is 0 Å². The number of ether oxygens (including phenoxy) is 1. The van der Waals surface area contributed by atoms with Crippen molar-refractivity contribution in [3.05, 3.63) is 30.6 Å². The second-order valence-corrected chi connectivity index (χ2v) is 4.26. The van der Waals surface area contributed by atoms with Gasteiger partial charge in [-0.15, -0.1) is 0 Å². The van der Waals surface area contributed by atoms with E-state index >= 15 is 0 Å². The van der Waals surface area contributed by atoms with E-state index in [-0.39, 0.29) is 31.7 Å². The lowest BCUT2D eigenvalue weighted by Gasteiger charge is -2.15. The average molecular weight is 263 g/mol. The van der Waals surface area contributed by atoms with E-state index in [0.29, 0.717) is 0 Å². The number of aromatic nitrogens is 2. The minimum absolute atomic E-state index is 0.149. The molecule has 2 aromatic rings. The summed E-state index contributed by atoms with van der Waals surface area (Å²) in [4.78, 5) is 16.1. The monoisotopic (exact) mass is 263 g/mol. The first-order valence-corrected chi connectivity index (χ1v) is 6.03. The molecule has 102 valence electrons. The normalized spacial score (nSPS) is 12.5. The van der Waals surface area contributed by atoms with Gasteiger partial charge in [-0.25, -0.2) is 4.98 Å². The molecule has 1 atom stereocenters. The van der Waals surface area contributed by atoms with Gasteiger partial charge in [0.25, 0.3) is 0 Å². The number of rotatable bonds is 6. The number of aliphatic hydroxyl groups excluding tert-OH is 1. The smallest absolute Gasteiger partial charge is 0.240 e. The molecular weight excluding hydrogens is 246 g/mol. The van der Waals surface area contributed by atoms with E-state index in [1.165, 1.54) is 7.11 Å². The van der Waals surface area contributed by atoms with Gasteiger partial charge in [0.05, 0.1) is 36.6 Å². The van der Waals surface area contributed by atoms with Crippen molar-refractivity contribution in [2.75, 3.05) is 20.3 Å². The van der Waals surface area contributed by atoms with E-state index in [0.717, 1.165) is 11.0 Å². The predicted molar refractivity (Wildman–Crippen MR) is 70.6 cm³/mol. The maximum atomic E-state index is 11.9. The highest BCUT2D eigenvalue weighted by molar-refractivity contribution is 5.80. The molecule has 0 saturated heterocycles. The molecule has 0 aliphatic rings. The van der Waals surface area contributed by atoms with Crippen molar-refractivity contribution < 1.29 is 14.6 Å². The van der Waals surface area contributed by atoms with Crippen LogP contribution in [0.2, 0.25) is 0 Å². The minimum atomic E-state index is -0.382. The van der Waals surface area contributed by atoms with Crippen LogP contribution < -0.4 is 5.32 Å². The third-order valence-electron chi connectivity index (χ3n) is 2.79. The van der Waals surface area contributed by atoms with Gasteiger partial charge in [-0.3, -0.25) is 4.79 Å². The van der Waals surface area contributed by atoms with Crippen molar-refractivity contribution in [2.45, 2.75) is 12.6 Å². The molecule has 0 aliphatic carbocycles. The van der Waals surface area contributed by atoms with E-state index in [2.05, 4.69) is 10.3 Å². The topological polar surface area (TPSA) is 76.4 Å². The maximum absolute atomic E-state index is 11.9. The number of benzene rings is 1. The summed E-state index contributed by atoms with van der Waals surface area (Å²) in [5.74, 6) is -0.181. The molecule has 2 rings (SSSR count). The van der Waals surface area contributed by atoms with Crippen LogP contribution in [-0.4, -0.2) is 46.9 Å². The summed E-state index contributed by atoms with van der Waals surface area (Å²) in [7, 11) is 1.53. The van der Waals surface area contributed by atoms with Gasteiger partial charge in [0.1, 0.15) is 6.54 Å². The molecule has 0 spiro atoms. The van der Waals surface area contributed by atoms with Crippen molar-refractivity contribution in [3.8, 4) is 0 Å². The van der Waals surface area contributed by atoms with Gasteiger partial charge in [-0.05, 0) is 12.1 Å². The van der Waals surface area contributed by atoms with Crippen LogP contribution in [0.15, 0.2) is 30.6 Å². The Hall–Kier alpha value is -1.92. The second kappa shape index (κ2) is 6.31. The first-order chi connectivity index (χ1) is 9.24. The SMILES string of the molecule is COCC(CO)NC(=O)Cn1cnc2ccccc21. The van der Waals surface area contributed by atoms with Crippen LogP contribution in [0.5, 0.6) is 0 Å². The number of fused-ring (bicyclic) bond motifs is 1. The first kappa shape index (κ1) is 13.5. The highest BCUT2D eigenvalue weighted by Gasteiger charge is 2.12. The molecule has 1 unspecified atom stereocenters. The molecule has 0 bridgehead atoms. The zero-order valence-electron chi connectivity index (χ0n) is 10.7. The number of carbonyl (C=O) groups excluding carboxylic acids is 1. The summed E-state index contributed by atoms with van der Waals surface area (Å²) >= 11 is 0. The average Bonchev–Trinajstić information content (AvgIpc) is 2.82. The van der Waals surface area contributed by atoms with E-state index < -0.39 is 0 Å². The summed E-state index contributed by atoms with van der Waals surface area (Å²) in [5.41, 5.74) is 1.76. The van der Waals surface area contributed by atoms with E-state index in [1.54, 1.807) is 10.9 Å². The van der Waals surface area contributed by atoms with Crippen molar-refractivity contribution in [3.63, 3.8) is 0 Å². The number of para-hydroxylation sites is 2. The summed E-state index contributed by atoms with van der Waals surface area (Å²) in [6.45, 7) is 0.303. The quantitative estimate of drug-likeness (QED) is 0.778. The fourth-order valence-corrected chi connectivity index (χ4v) is 1.91. The van der Waals surface area contributed by atoms with Gasteiger partial charge in [0.2, 0.25) is 5.91 Å². The minimum Gasteiger partial charge on any atom is -0.394 e. The van der Waals surface area contributed by atoms with Gasteiger partial charge in [-0.1, -0.05) is 12.1 Å². The Kier molecular flexibility index (Phi) is 4.48. The Morgan fingerprint density at radius 1 is 1.53 bits per heavy atom. The Morgan fingerprint density at radius 3 is 3.05 bits per heavy atom. The Bertz CT molecular complexity index is 553. The number of aliphatic hydroxyl groups is 1.